The second-order valence-corrected chi connectivity index (χ2v) is 7.18. The molecule has 6 nitrogen and oxygen atoms in total. The van der Waals surface area contributed by atoms with Crippen molar-refractivity contribution < 1.29 is 13.6 Å². The van der Waals surface area contributed by atoms with Gasteiger partial charge in [-0.05, 0) is 29.3 Å². The molecule has 0 saturated carbocycles. The van der Waals surface area contributed by atoms with Crippen LogP contribution < -0.4 is 0 Å². The summed E-state index contributed by atoms with van der Waals surface area (Å²) in [7, 11) is 0. The van der Waals surface area contributed by atoms with Gasteiger partial charge in [0.05, 0.1) is 16.9 Å². The van der Waals surface area contributed by atoms with Gasteiger partial charge in [-0.25, -0.2) is 14.2 Å². The van der Waals surface area contributed by atoms with Crippen LogP contribution in [0.5, 0.6) is 0 Å². The molecule has 3 aromatic rings. The number of benzene rings is 2. The molecule has 0 bridgehead atoms. The first-order valence-electron chi connectivity index (χ1n) is 9.28. The first-order valence-corrected chi connectivity index (χ1v) is 9.28. The zero-order valence-electron chi connectivity index (χ0n) is 15.3. The van der Waals surface area contributed by atoms with Crippen LogP contribution in [-0.4, -0.2) is 45.4 Å². The molecule has 0 aliphatic carbocycles. The number of hydrogen-bond donors (Lipinski definition) is 1. The number of carbonyl (C=O) groups excluding carboxylic acids is 1. The number of halogens is 2. The number of nitrogens with one attached hydrogen (secondary N) is 1. The molecule has 1 fully saturated rings. The molecule has 2 aliphatic rings. The Kier molecular flexibility index (Phi) is 4.12. The number of hydrazone groups is 1. The standard InChI is InChI=1S/C21H17F2N5O/c22-17-10-16-18(25-26-20(16)23)9-15(17)8-13-11-27(12-13)21(29)28-19(6-7-24-28)14-4-2-1-3-5-14/h1-5,7-10,19H,6,11-12H2,(H,25,26). The second kappa shape index (κ2) is 6.80. The number of aromatic nitrogens is 2. The van der Waals surface area contributed by atoms with Crippen molar-refractivity contribution in [1.82, 2.24) is 20.1 Å². The molecule has 0 radical (unpaired) electrons. The maximum atomic E-state index is 14.3. The van der Waals surface area contributed by atoms with Crippen molar-refractivity contribution in [3.8, 4) is 0 Å². The van der Waals surface area contributed by atoms with Gasteiger partial charge in [-0.1, -0.05) is 30.3 Å². The lowest BCUT2D eigenvalue weighted by Crippen LogP contribution is -2.49. The van der Waals surface area contributed by atoms with Gasteiger partial charge in [0, 0.05) is 31.3 Å². The smallest absolute Gasteiger partial charge is 0.315 e. The Hall–Kier alpha value is -3.55. The van der Waals surface area contributed by atoms with Crippen LogP contribution in [0.15, 0.2) is 53.1 Å². The van der Waals surface area contributed by atoms with Crippen molar-refractivity contribution >= 4 is 29.2 Å². The van der Waals surface area contributed by atoms with Crippen molar-refractivity contribution in [2.24, 2.45) is 5.10 Å². The number of carbonyl (C=O) groups is 1. The molecule has 2 aromatic carbocycles. The molecule has 5 rings (SSSR count). The number of likely N-dealkylation sites (tertiary alicyclic amines) is 1. The van der Waals surface area contributed by atoms with Crippen molar-refractivity contribution in [2.45, 2.75) is 12.5 Å². The van der Waals surface area contributed by atoms with Crippen LogP contribution in [0, 0.1) is 11.8 Å². The number of rotatable bonds is 2. The van der Waals surface area contributed by atoms with Gasteiger partial charge < -0.3 is 4.90 Å². The summed E-state index contributed by atoms with van der Waals surface area (Å²) in [6, 6.07) is 12.2. The average Bonchev–Trinajstić information content (AvgIpc) is 3.32. The summed E-state index contributed by atoms with van der Waals surface area (Å²) < 4.78 is 27.7. The maximum Gasteiger partial charge on any atom is 0.341 e. The fourth-order valence-electron chi connectivity index (χ4n) is 3.72. The van der Waals surface area contributed by atoms with E-state index in [0.717, 1.165) is 17.2 Å². The summed E-state index contributed by atoms with van der Waals surface area (Å²) in [6.45, 7) is 0.808. The highest BCUT2D eigenvalue weighted by Crippen LogP contribution is 2.31. The zero-order chi connectivity index (χ0) is 20.0. The van der Waals surface area contributed by atoms with Gasteiger partial charge in [-0.2, -0.15) is 9.49 Å². The van der Waals surface area contributed by atoms with Crippen molar-refractivity contribution in [1.29, 1.82) is 0 Å². The predicted octanol–water partition coefficient (Wildman–Crippen LogP) is 4.09. The van der Waals surface area contributed by atoms with Crippen LogP contribution in [0.1, 0.15) is 23.6 Å². The molecule has 1 saturated heterocycles. The average molecular weight is 393 g/mol. The van der Waals surface area contributed by atoms with E-state index < -0.39 is 11.8 Å². The number of amides is 2. The topological polar surface area (TPSA) is 64.6 Å². The molecule has 0 spiro atoms. The molecule has 3 heterocycles. The number of fused-ring (bicyclic) bond motifs is 1. The van der Waals surface area contributed by atoms with Crippen LogP contribution in [-0.2, 0) is 0 Å². The summed E-state index contributed by atoms with van der Waals surface area (Å²) in [4.78, 5) is 14.5. The largest absolute Gasteiger partial charge is 0.341 e. The third-order valence-electron chi connectivity index (χ3n) is 5.26. The maximum absolute atomic E-state index is 14.3. The quantitative estimate of drug-likeness (QED) is 0.713. The van der Waals surface area contributed by atoms with E-state index in [9.17, 15) is 13.6 Å². The van der Waals surface area contributed by atoms with Crippen LogP contribution in [0.25, 0.3) is 17.0 Å². The van der Waals surface area contributed by atoms with Gasteiger partial charge in [0.15, 0.2) is 0 Å². The molecule has 29 heavy (non-hydrogen) atoms. The molecular weight excluding hydrogens is 376 g/mol. The lowest BCUT2D eigenvalue weighted by Gasteiger charge is -2.37. The Morgan fingerprint density at radius 3 is 2.76 bits per heavy atom. The van der Waals surface area contributed by atoms with E-state index in [1.165, 1.54) is 11.1 Å². The Balaban J connectivity index is 1.30. The third kappa shape index (κ3) is 3.06. The van der Waals surface area contributed by atoms with Gasteiger partial charge in [0.2, 0.25) is 5.95 Å². The number of nitrogens with zero attached hydrogens (tertiary/aromatic N) is 4. The number of H-pyrrole nitrogens is 1. The SMILES string of the molecule is O=C(N1CC(=Cc2cc3[nH]nc(F)c3cc2F)C1)N1N=CCC1c1ccccc1. The van der Waals surface area contributed by atoms with Crippen molar-refractivity contribution in [2.75, 3.05) is 13.1 Å². The Morgan fingerprint density at radius 1 is 1.17 bits per heavy atom. The van der Waals surface area contributed by atoms with Gasteiger partial charge >= 0.3 is 6.03 Å². The molecule has 2 amide bonds. The number of hydrogen-bond acceptors (Lipinski definition) is 3. The van der Waals surface area contributed by atoms with Crippen LogP contribution in [0.2, 0.25) is 0 Å². The Morgan fingerprint density at radius 2 is 1.97 bits per heavy atom. The third-order valence-corrected chi connectivity index (χ3v) is 5.26. The first-order chi connectivity index (χ1) is 14.1. The van der Waals surface area contributed by atoms with E-state index in [4.69, 9.17) is 0 Å². The predicted molar refractivity (Wildman–Crippen MR) is 105 cm³/mol. The highest BCUT2D eigenvalue weighted by Gasteiger charge is 2.35. The van der Waals surface area contributed by atoms with Crippen LogP contribution in [0.3, 0.4) is 0 Å². The fourth-order valence-corrected chi connectivity index (χ4v) is 3.72. The van der Waals surface area contributed by atoms with Crippen LogP contribution in [0.4, 0.5) is 13.6 Å². The minimum atomic E-state index is -0.724. The van der Waals surface area contributed by atoms with Gasteiger partial charge in [0.25, 0.3) is 0 Å². The van der Waals surface area contributed by atoms with E-state index in [1.807, 2.05) is 30.3 Å². The Labute approximate surface area is 165 Å². The van der Waals surface area contributed by atoms with Crippen molar-refractivity contribution in [3.63, 3.8) is 0 Å². The molecule has 1 aromatic heterocycles. The fraction of sp³-hybridized carbons (Fsp3) is 0.190. The summed E-state index contributed by atoms with van der Waals surface area (Å²) in [6.07, 6.45) is 4.12. The molecule has 2 aliphatic heterocycles. The van der Waals surface area contributed by atoms with Crippen LogP contribution >= 0.6 is 0 Å². The summed E-state index contributed by atoms with van der Waals surface area (Å²) in [5.74, 6) is -1.25. The minimum absolute atomic E-state index is 0.105. The summed E-state index contributed by atoms with van der Waals surface area (Å²) >= 11 is 0. The summed E-state index contributed by atoms with van der Waals surface area (Å²) in [5, 5.41) is 11.9. The number of aromatic amines is 1. The molecule has 1 N–H and O–H groups in total. The highest BCUT2D eigenvalue weighted by atomic mass is 19.1. The van der Waals surface area contributed by atoms with Gasteiger partial charge in [-0.3, -0.25) is 5.10 Å². The minimum Gasteiger partial charge on any atom is -0.315 e. The second-order valence-electron chi connectivity index (χ2n) is 7.18. The van der Waals surface area contributed by atoms with E-state index in [2.05, 4.69) is 15.3 Å². The van der Waals surface area contributed by atoms with Gasteiger partial charge in [0.1, 0.15) is 5.82 Å². The zero-order valence-corrected chi connectivity index (χ0v) is 15.3. The molecular formula is C21H17F2N5O. The molecule has 1 atom stereocenters. The van der Waals surface area contributed by atoms with Crippen molar-refractivity contribution in [3.05, 3.63) is 70.9 Å². The van der Waals surface area contributed by atoms with Gasteiger partial charge in [-0.15, -0.1) is 5.10 Å². The highest BCUT2D eigenvalue weighted by molar-refractivity contribution is 5.83. The lowest BCUT2D eigenvalue weighted by molar-refractivity contribution is 0.136. The van der Waals surface area contributed by atoms with E-state index in [-0.39, 0.29) is 17.5 Å². The van der Waals surface area contributed by atoms with E-state index >= 15 is 0 Å². The first kappa shape index (κ1) is 17.5. The molecule has 8 heteroatoms. The van der Waals surface area contributed by atoms with E-state index in [0.29, 0.717) is 30.6 Å². The number of urea groups is 1. The molecule has 1 unspecified atom stereocenters. The van der Waals surface area contributed by atoms with E-state index in [1.54, 1.807) is 17.2 Å². The normalized spacial score (nSPS) is 18.4. The Bertz CT molecular complexity index is 1150. The summed E-state index contributed by atoms with van der Waals surface area (Å²) in [5.41, 5.74) is 2.72. The monoisotopic (exact) mass is 393 g/mol. The lowest BCUT2D eigenvalue weighted by atomic mass is 10.0. The molecule has 146 valence electrons.